The predicted molar refractivity (Wildman–Crippen MR) is 215 cm³/mol. The minimum atomic E-state index is 0.356. The molecule has 0 amide bonds. The summed E-state index contributed by atoms with van der Waals surface area (Å²) in [6.45, 7) is 18.1. The first kappa shape index (κ1) is 36.6. The standard InChI is InChI=1S/C47H55N3/c1-32(2)38-22-15-23-39(33(3)4)46(38)49-44(30-28-36-18-11-9-12-19-36)42-26-17-27-43(48-42)45(31-29-37-20-13-10-14-21-37)50-47-40(34(5)6)24-16-25-41(47)35(7)8/h9-27,32-35H,28-31H2,1-8H3. The van der Waals surface area contributed by atoms with Gasteiger partial charge in [-0.25, -0.2) is 4.98 Å². The van der Waals surface area contributed by atoms with Crippen LogP contribution in [0.4, 0.5) is 11.4 Å². The zero-order valence-electron chi connectivity index (χ0n) is 31.4. The van der Waals surface area contributed by atoms with Gasteiger partial charge in [-0.2, -0.15) is 0 Å². The number of aryl methyl sites for hydroxylation is 2. The minimum Gasteiger partial charge on any atom is -0.251 e. The van der Waals surface area contributed by atoms with Crippen LogP contribution >= 0.6 is 0 Å². The third kappa shape index (κ3) is 9.33. The molecule has 1 aromatic heterocycles. The second-order valence-corrected chi connectivity index (χ2v) is 14.7. The number of para-hydroxylation sites is 2. The first-order valence-electron chi connectivity index (χ1n) is 18.6. The molecule has 0 aliphatic rings. The van der Waals surface area contributed by atoms with Gasteiger partial charge in [0.2, 0.25) is 0 Å². The summed E-state index contributed by atoms with van der Waals surface area (Å²) < 4.78 is 0. The molecule has 0 fully saturated rings. The van der Waals surface area contributed by atoms with Crippen molar-refractivity contribution in [3.63, 3.8) is 0 Å². The van der Waals surface area contributed by atoms with Crippen LogP contribution in [0.15, 0.2) is 125 Å². The number of benzene rings is 4. The summed E-state index contributed by atoms with van der Waals surface area (Å²) in [6, 6.07) is 41.2. The van der Waals surface area contributed by atoms with Gasteiger partial charge in [0, 0.05) is 0 Å². The Hall–Kier alpha value is -4.63. The van der Waals surface area contributed by atoms with E-state index in [1.54, 1.807) is 0 Å². The predicted octanol–water partition coefficient (Wildman–Crippen LogP) is 13.1. The smallest absolute Gasteiger partial charge is 0.0852 e. The molecule has 3 heteroatoms. The van der Waals surface area contributed by atoms with E-state index >= 15 is 0 Å². The highest BCUT2D eigenvalue weighted by molar-refractivity contribution is 6.04. The van der Waals surface area contributed by atoms with Crippen LogP contribution in [-0.2, 0) is 12.8 Å². The van der Waals surface area contributed by atoms with Crippen LogP contribution in [0.3, 0.4) is 0 Å². The van der Waals surface area contributed by atoms with Gasteiger partial charge in [0.25, 0.3) is 0 Å². The summed E-state index contributed by atoms with van der Waals surface area (Å²) in [7, 11) is 0. The van der Waals surface area contributed by atoms with Crippen molar-refractivity contribution in [2.24, 2.45) is 9.98 Å². The fourth-order valence-electron chi connectivity index (χ4n) is 6.61. The highest BCUT2D eigenvalue weighted by atomic mass is 14.9. The number of hydrogen-bond acceptors (Lipinski definition) is 3. The molecule has 0 spiro atoms. The number of rotatable bonds is 14. The van der Waals surface area contributed by atoms with Gasteiger partial charge in [-0.1, -0.05) is 159 Å². The number of pyridine rings is 1. The molecular weight excluding hydrogens is 607 g/mol. The van der Waals surface area contributed by atoms with E-state index in [0.29, 0.717) is 23.7 Å². The van der Waals surface area contributed by atoms with Gasteiger partial charge in [-0.15, -0.1) is 0 Å². The molecule has 0 aliphatic heterocycles. The van der Waals surface area contributed by atoms with E-state index in [1.165, 1.54) is 33.4 Å². The number of aromatic nitrogens is 1. The lowest BCUT2D eigenvalue weighted by Gasteiger charge is -2.19. The molecule has 4 aromatic carbocycles. The summed E-state index contributed by atoms with van der Waals surface area (Å²) in [5.41, 5.74) is 13.8. The Balaban J connectivity index is 1.68. The molecule has 0 N–H and O–H groups in total. The van der Waals surface area contributed by atoms with Crippen LogP contribution in [0.2, 0.25) is 0 Å². The molecule has 3 nitrogen and oxygen atoms in total. The molecule has 50 heavy (non-hydrogen) atoms. The van der Waals surface area contributed by atoms with E-state index in [4.69, 9.17) is 15.0 Å². The quantitative estimate of drug-likeness (QED) is 0.109. The lowest BCUT2D eigenvalue weighted by atomic mass is 9.92. The highest BCUT2D eigenvalue weighted by Crippen LogP contribution is 2.37. The summed E-state index contributed by atoms with van der Waals surface area (Å²) in [4.78, 5) is 16.5. The van der Waals surface area contributed by atoms with Gasteiger partial charge < -0.3 is 0 Å². The van der Waals surface area contributed by atoms with Gasteiger partial charge in [-0.3, -0.25) is 9.98 Å². The summed E-state index contributed by atoms with van der Waals surface area (Å²) >= 11 is 0. The molecule has 0 bridgehead atoms. The number of hydrogen-bond donors (Lipinski definition) is 0. The third-order valence-corrected chi connectivity index (χ3v) is 9.51. The molecule has 0 atom stereocenters. The Morgan fingerprint density at radius 2 is 0.740 bits per heavy atom. The van der Waals surface area contributed by atoms with Crippen LogP contribution in [0.25, 0.3) is 0 Å². The van der Waals surface area contributed by atoms with Crippen LogP contribution < -0.4 is 0 Å². The average Bonchev–Trinajstić information content (AvgIpc) is 3.12. The maximum atomic E-state index is 5.55. The van der Waals surface area contributed by atoms with Crippen molar-refractivity contribution >= 4 is 22.8 Å². The average molecular weight is 662 g/mol. The van der Waals surface area contributed by atoms with Gasteiger partial charge in [0.05, 0.1) is 34.2 Å². The van der Waals surface area contributed by atoms with Crippen LogP contribution in [0.5, 0.6) is 0 Å². The van der Waals surface area contributed by atoms with Gasteiger partial charge in [0.1, 0.15) is 0 Å². The maximum Gasteiger partial charge on any atom is 0.0852 e. The van der Waals surface area contributed by atoms with E-state index in [1.807, 2.05) is 0 Å². The van der Waals surface area contributed by atoms with E-state index in [9.17, 15) is 0 Å². The lowest BCUT2D eigenvalue weighted by Crippen LogP contribution is -2.12. The van der Waals surface area contributed by atoms with Crippen molar-refractivity contribution in [1.29, 1.82) is 0 Å². The Morgan fingerprint density at radius 3 is 1.06 bits per heavy atom. The minimum absolute atomic E-state index is 0.356. The fraction of sp³-hybridized carbons (Fsp3) is 0.340. The van der Waals surface area contributed by atoms with Crippen LogP contribution in [0, 0.1) is 0 Å². The number of aliphatic imine (C=N–C) groups is 2. The molecule has 5 rings (SSSR count). The molecule has 0 saturated heterocycles. The second kappa shape index (κ2) is 17.3. The zero-order chi connectivity index (χ0) is 35.6. The van der Waals surface area contributed by atoms with E-state index in [-0.39, 0.29) is 0 Å². The van der Waals surface area contributed by atoms with Gasteiger partial charge in [0.15, 0.2) is 0 Å². The molecule has 0 unspecified atom stereocenters. The van der Waals surface area contributed by atoms with Crippen molar-refractivity contribution < 1.29 is 0 Å². The Bertz CT molecular complexity index is 1710. The van der Waals surface area contributed by atoms with Crippen molar-refractivity contribution in [2.75, 3.05) is 0 Å². The Kier molecular flexibility index (Phi) is 12.7. The van der Waals surface area contributed by atoms with E-state index in [0.717, 1.165) is 59.9 Å². The van der Waals surface area contributed by atoms with Crippen molar-refractivity contribution in [1.82, 2.24) is 4.98 Å². The lowest BCUT2D eigenvalue weighted by molar-refractivity contribution is 0.834. The third-order valence-electron chi connectivity index (χ3n) is 9.51. The molecular formula is C47H55N3. The molecule has 0 saturated carbocycles. The highest BCUT2D eigenvalue weighted by Gasteiger charge is 2.19. The molecule has 0 aliphatic carbocycles. The van der Waals surface area contributed by atoms with Crippen molar-refractivity contribution in [3.05, 3.63) is 160 Å². The first-order chi connectivity index (χ1) is 24.1. The van der Waals surface area contributed by atoms with Crippen molar-refractivity contribution in [2.45, 2.75) is 105 Å². The topological polar surface area (TPSA) is 37.6 Å². The first-order valence-corrected chi connectivity index (χ1v) is 18.6. The summed E-state index contributed by atoms with van der Waals surface area (Å²) in [6.07, 6.45) is 3.35. The van der Waals surface area contributed by atoms with Gasteiger partial charge >= 0.3 is 0 Å². The van der Waals surface area contributed by atoms with Crippen molar-refractivity contribution in [3.8, 4) is 0 Å². The molecule has 0 radical (unpaired) electrons. The number of nitrogens with zero attached hydrogens (tertiary/aromatic N) is 3. The molecule has 5 aromatic rings. The largest absolute Gasteiger partial charge is 0.251 e. The summed E-state index contributed by atoms with van der Waals surface area (Å²) in [5, 5.41) is 0. The van der Waals surface area contributed by atoms with Gasteiger partial charge in [-0.05, 0) is 94.9 Å². The Labute approximate surface area is 301 Å². The fourth-order valence-corrected chi connectivity index (χ4v) is 6.61. The molecule has 1 heterocycles. The monoisotopic (exact) mass is 661 g/mol. The zero-order valence-corrected chi connectivity index (χ0v) is 31.4. The van der Waals surface area contributed by atoms with E-state index < -0.39 is 0 Å². The maximum absolute atomic E-state index is 5.55. The van der Waals surface area contributed by atoms with Crippen LogP contribution in [0.1, 0.15) is 137 Å². The normalized spacial score (nSPS) is 12.5. The molecule has 258 valence electrons. The SMILES string of the molecule is CC(C)c1cccc(C(C)C)c1N=C(CCc1ccccc1)c1cccc(C(CCc2ccccc2)=Nc2c(C(C)C)cccc2C(C)C)n1. The second-order valence-electron chi connectivity index (χ2n) is 14.7. The Morgan fingerprint density at radius 1 is 0.420 bits per heavy atom. The summed E-state index contributed by atoms with van der Waals surface area (Å²) in [5.74, 6) is 1.43. The van der Waals surface area contributed by atoms with E-state index in [2.05, 4.69) is 171 Å². The van der Waals surface area contributed by atoms with Crippen LogP contribution in [-0.4, -0.2) is 16.4 Å².